The van der Waals surface area contributed by atoms with Crippen LogP contribution in [0.25, 0.3) is 0 Å². The second kappa shape index (κ2) is 9.24. The Hall–Kier alpha value is -0.830. The molecule has 0 amide bonds. The van der Waals surface area contributed by atoms with Gasteiger partial charge in [-0.2, -0.15) is 0 Å². The van der Waals surface area contributed by atoms with Crippen molar-refractivity contribution in [2.45, 2.75) is 83.2 Å². The fourth-order valence-electron chi connectivity index (χ4n) is 3.51. The van der Waals surface area contributed by atoms with Gasteiger partial charge in [-0.25, -0.2) is 0 Å². The van der Waals surface area contributed by atoms with Gasteiger partial charge in [0.15, 0.2) is 0 Å². The zero-order valence-electron chi connectivity index (χ0n) is 13.8. The van der Waals surface area contributed by atoms with E-state index in [2.05, 4.69) is 6.58 Å². The van der Waals surface area contributed by atoms with Gasteiger partial charge in [0.05, 0.1) is 12.7 Å². The highest BCUT2D eigenvalue weighted by molar-refractivity contribution is 5.77. The minimum Gasteiger partial charge on any atom is -0.468 e. The zero-order valence-corrected chi connectivity index (χ0v) is 13.8. The molecule has 21 heavy (non-hydrogen) atoms. The van der Waals surface area contributed by atoms with E-state index in [4.69, 9.17) is 4.74 Å². The monoisotopic (exact) mass is 296 g/mol. The van der Waals surface area contributed by atoms with E-state index in [-0.39, 0.29) is 5.97 Å². The molecule has 0 aromatic heterocycles. The van der Waals surface area contributed by atoms with Crippen LogP contribution in [-0.4, -0.2) is 23.8 Å². The Kier molecular flexibility index (Phi) is 8.02. The Morgan fingerprint density at radius 2 is 1.38 bits per heavy atom. The lowest BCUT2D eigenvalue weighted by Gasteiger charge is -2.35. The molecule has 1 aliphatic rings. The van der Waals surface area contributed by atoms with Crippen LogP contribution in [0.2, 0.25) is 0 Å². The van der Waals surface area contributed by atoms with Crippen LogP contribution in [0.4, 0.5) is 0 Å². The highest BCUT2D eigenvalue weighted by Crippen LogP contribution is 2.35. The van der Waals surface area contributed by atoms with Crippen molar-refractivity contribution in [3.63, 3.8) is 0 Å². The molecule has 0 aliphatic heterocycles. The Morgan fingerprint density at radius 1 is 1.00 bits per heavy atom. The molecule has 0 radical (unpaired) electrons. The summed E-state index contributed by atoms with van der Waals surface area (Å²) in [5.41, 5.74) is -0.283. The minimum atomic E-state index is -0.988. The van der Waals surface area contributed by atoms with E-state index >= 15 is 0 Å². The maximum Gasteiger partial charge on any atom is 0.315 e. The predicted octanol–water partition coefficient (Wildman–Crippen LogP) is 4.39. The second-order valence-electron chi connectivity index (χ2n) is 6.59. The van der Waals surface area contributed by atoms with Crippen molar-refractivity contribution in [3.05, 3.63) is 12.2 Å². The number of esters is 1. The topological polar surface area (TPSA) is 46.5 Å². The third kappa shape index (κ3) is 5.82. The van der Waals surface area contributed by atoms with E-state index in [9.17, 15) is 9.90 Å². The molecule has 0 heterocycles. The first kappa shape index (κ1) is 18.2. The molecule has 1 rings (SSSR count). The third-order valence-electron chi connectivity index (χ3n) is 4.69. The van der Waals surface area contributed by atoms with Crippen LogP contribution in [0.3, 0.4) is 0 Å². The van der Waals surface area contributed by atoms with E-state index in [1.54, 1.807) is 0 Å². The van der Waals surface area contributed by atoms with Crippen molar-refractivity contribution in [1.82, 2.24) is 0 Å². The average Bonchev–Trinajstić information content (AvgIpc) is 2.42. The Morgan fingerprint density at radius 3 is 1.71 bits per heavy atom. The molecule has 0 aromatic carbocycles. The third-order valence-corrected chi connectivity index (χ3v) is 4.69. The van der Waals surface area contributed by atoms with Crippen LogP contribution in [0, 0.1) is 5.92 Å². The molecule has 1 aliphatic carbocycles. The SMILES string of the molecule is C=C(C)C(C(=O)OC)C1(O)CCCCCCCCCCC1. The summed E-state index contributed by atoms with van der Waals surface area (Å²) in [5, 5.41) is 11.1. The summed E-state index contributed by atoms with van der Waals surface area (Å²) >= 11 is 0. The van der Waals surface area contributed by atoms with Gasteiger partial charge in [-0.05, 0) is 19.8 Å². The molecular weight excluding hydrogens is 264 g/mol. The molecule has 0 saturated heterocycles. The number of aliphatic hydroxyl groups is 1. The molecular formula is C18H32O3. The summed E-state index contributed by atoms with van der Waals surface area (Å²) in [6.45, 7) is 5.73. The maximum atomic E-state index is 12.1. The molecule has 3 nitrogen and oxygen atoms in total. The fourth-order valence-corrected chi connectivity index (χ4v) is 3.51. The first-order chi connectivity index (χ1) is 10.0. The number of carbonyl (C=O) groups is 1. The van der Waals surface area contributed by atoms with Gasteiger partial charge in [0.25, 0.3) is 0 Å². The molecule has 1 atom stereocenters. The first-order valence-corrected chi connectivity index (χ1v) is 8.47. The molecule has 3 heteroatoms. The largest absolute Gasteiger partial charge is 0.468 e. The first-order valence-electron chi connectivity index (χ1n) is 8.47. The highest BCUT2D eigenvalue weighted by atomic mass is 16.5. The lowest BCUT2D eigenvalue weighted by atomic mass is 9.75. The highest BCUT2D eigenvalue weighted by Gasteiger charge is 2.41. The van der Waals surface area contributed by atoms with Crippen LogP contribution in [0.15, 0.2) is 12.2 Å². The van der Waals surface area contributed by atoms with Gasteiger partial charge in [-0.15, -0.1) is 0 Å². The molecule has 122 valence electrons. The molecule has 0 aromatic rings. The quantitative estimate of drug-likeness (QED) is 0.620. The van der Waals surface area contributed by atoms with Crippen molar-refractivity contribution < 1.29 is 14.6 Å². The Labute approximate surface area is 129 Å². The lowest BCUT2D eigenvalue weighted by molar-refractivity contribution is -0.154. The molecule has 1 fully saturated rings. The molecule has 1 N–H and O–H groups in total. The molecule has 0 bridgehead atoms. The van der Waals surface area contributed by atoms with Gasteiger partial charge < -0.3 is 9.84 Å². The number of hydrogen-bond acceptors (Lipinski definition) is 3. The van der Waals surface area contributed by atoms with Gasteiger partial charge in [0.1, 0.15) is 5.92 Å². The smallest absolute Gasteiger partial charge is 0.315 e. The van der Waals surface area contributed by atoms with Crippen molar-refractivity contribution in [2.24, 2.45) is 5.92 Å². The van der Waals surface area contributed by atoms with Crippen molar-refractivity contribution in [3.8, 4) is 0 Å². The van der Waals surface area contributed by atoms with Gasteiger partial charge in [-0.3, -0.25) is 4.79 Å². The van der Waals surface area contributed by atoms with E-state index in [1.807, 2.05) is 6.92 Å². The Balaban J connectivity index is 2.81. The van der Waals surface area contributed by atoms with Crippen LogP contribution < -0.4 is 0 Å². The summed E-state index contributed by atoms with van der Waals surface area (Å²) in [7, 11) is 1.39. The minimum absolute atomic E-state index is 0.350. The summed E-state index contributed by atoms with van der Waals surface area (Å²) < 4.78 is 4.91. The zero-order chi connectivity index (χ0) is 15.7. The number of methoxy groups -OCH3 is 1. The van der Waals surface area contributed by atoms with Crippen LogP contribution >= 0.6 is 0 Å². The van der Waals surface area contributed by atoms with Crippen molar-refractivity contribution in [2.75, 3.05) is 7.11 Å². The van der Waals surface area contributed by atoms with Crippen LogP contribution in [0.5, 0.6) is 0 Å². The standard InChI is InChI=1S/C18H32O3/c1-15(2)16(17(19)21-3)18(20)13-11-9-7-5-4-6-8-10-12-14-18/h16,20H,1,4-14H2,2-3H3. The molecule has 1 saturated carbocycles. The fraction of sp³-hybridized carbons (Fsp3) is 0.833. The summed E-state index contributed by atoms with van der Waals surface area (Å²) in [6.07, 6.45) is 11.9. The lowest BCUT2D eigenvalue weighted by Crippen LogP contribution is -2.43. The summed E-state index contributed by atoms with van der Waals surface area (Å²) in [6, 6.07) is 0. The summed E-state index contributed by atoms with van der Waals surface area (Å²) in [4.78, 5) is 12.1. The number of rotatable bonds is 3. The summed E-state index contributed by atoms with van der Waals surface area (Å²) in [5.74, 6) is -0.942. The predicted molar refractivity (Wildman–Crippen MR) is 86.1 cm³/mol. The maximum absolute atomic E-state index is 12.1. The number of carbonyl (C=O) groups excluding carboxylic acids is 1. The Bertz CT molecular complexity index is 323. The van der Waals surface area contributed by atoms with Gasteiger partial charge >= 0.3 is 5.97 Å². The normalized spacial score (nSPS) is 22.4. The average molecular weight is 296 g/mol. The van der Waals surface area contributed by atoms with Crippen molar-refractivity contribution >= 4 is 5.97 Å². The van der Waals surface area contributed by atoms with Crippen molar-refractivity contribution in [1.29, 1.82) is 0 Å². The van der Waals surface area contributed by atoms with Gasteiger partial charge in [0, 0.05) is 0 Å². The molecule has 1 unspecified atom stereocenters. The molecule has 0 spiro atoms. The van der Waals surface area contributed by atoms with E-state index in [0.717, 1.165) is 25.7 Å². The second-order valence-corrected chi connectivity index (χ2v) is 6.59. The van der Waals surface area contributed by atoms with Crippen LogP contribution in [-0.2, 0) is 9.53 Å². The number of hydrogen-bond donors (Lipinski definition) is 1. The number of ether oxygens (including phenoxy) is 1. The van der Waals surface area contributed by atoms with Gasteiger partial charge in [-0.1, -0.05) is 69.9 Å². The van der Waals surface area contributed by atoms with E-state index in [0.29, 0.717) is 18.4 Å². The van der Waals surface area contributed by atoms with E-state index < -0.39 is 11.5 Å². The van der Waals surface area contributed by atoms with Crippen LogP contribution in [0.1, 0.15) is 77.6 Å². The van der Waals surface area contributed by atoms with Gasteiger partial charge in [0.2, 0.25) is 0 Å². The van der Waals surface area contributed by atoms with E-state index in [1.165, 1.54) is 39.2 Å².